The Balaban J connectivity index is 2.10. The number of para-hydroxylation sites is 1. The number of carbonyl (C=O) groups is 2. The molecule has 0 radical (unpaired) electrons. The van der Waals surface area contributed by atoms with E-state index in [4.69, 9.17) is 5.11 Å². The molecule has 106 valence electrons. The molecule has 2 aromatic rings. The number of benzene rings is 1. The van der Waals surface area contributed by atoms with Crippen molar-refractivity contribution >= 4 is 22.8 Å². The standard InChI is InChI=1S/C15H18N2O3/c1-9(2)14(15(19)20)17-13(18)7-10-8-16-12-6-4-3-5-11(10)12/h3-6,8-9,14,16H,7H2,1-2H3,(H,17,18)(H,19,20)/t14-/m1/s1. The highest BCUT2D eigenvalue weighted by Gasteiger charge is 2.23. The lowest BCUT2D eigenvalue weighted by Gasteiger charge is -2.17. The third kappa shape index (κ3) is 2.99. The molecular formula is C15H18N2O3. The number of aromatic amines is 1. The summed E-state index contributed by atoms with van der Waals surface area (Å²) in [4.78, 5) is 26.2. The number of carbonyl (C=O) groups excluding carboxylic acids is 1. The fraction of sp³-hybridized carbons (Fsp3) is 0.333. The second-order valence-electron chi connectivity index (χ2n) is 5.16. The van der Waals surface area contributed by atoms with Crippen LogP contribution >= 0.6 is 0 Å². The Morgan fingerprint density at radius 1 is 1.30 bits per heavy atom. The summed E-state index contributed by atoms with van der Waals surface area (Å²) in [6.45, 7) is 3.54. The Hall–Kier alpha value is -2.30. The molecule has 0 aliphatic heterocycles. The second kappa shape index (κ2) is 5.77. The zero-order chi connectivity index (χ0) is 14.7. The predicted molar refractivity (Wildman–Crippen MR) is 76.4 cm³/mol. The van der Waals surface area contributed by atoms with Gasteiger partial charge in [0.25, 0.3) is 0 Å². The smallest absolute Gasteiger partial charge is 0.326 e. The molecule has 3 N–H and O–H groups in total. The number of H-pyrrole nitrogens is 1. The molecule has 1 heterocycles. The Morgan fingerprint density at radius 3 is 2.65 bits per heavy atom. The van der Waals surface area contributed by atoms with Gasteiger partial charge in [0.2, 0.25) is 5.91 Å². The molecule has 0 saturated carbocycles. The van der Waals surface area contributed by atoms with Gasteiger partial charge in [-0.15, -0.1) is 0 Å². The molecule has 0 aliphatic rings. The minimum Gasteiger partial charge on any atom is -0.480 e. The highest BCUT2D eigenvalue weighted by atomic mass is 16.4. The van der Waals surface area contributed by atoms with Crippen molar-refractivity contribution in [2.75, 3.05) is 0 Å². The number of hydrogen-bond acceptors (Lipinski definition) is 2. The topological polar surface area (TPSA) is 82.2 Å². The van der Waals surface area contributed by atoms with Gasteiger partial charge in [-0.2, -0.15) is 0 Å². The molecule has 0 fully saturated rings. The molecular weight excluding hydrogens is 256 g/mol. The monoisotopic (exact) mass is 274 g/mol. The van der Waals surface area contributed by atoms with Gasteiger partial charge in [0.05, 0.1) is 6.42 Å². The van der Waals surface area contributed by atoms with Crippen LogP contribution in [0.1, 0.15) is 19.4 Å². The maximum Gasteiger partial charge on any atom is 0.326 e. The van der Waals surface area contributed by atoms with Gasteiger partial charge >= 0.3 is 5.97 Å². The summed E-state index contributed by atoms with van der Waals surface area (Å²) in [6, 6.07) is 6.84. The third-order valence-electron chi connectivity index (χ3n) is 3.28. The predicted octanol–water partition coefficient (Wildman–Crippen LogP) is 1.94. The lowest BCUT2D eigenvalue weighted by atomic mass is 10.0. The maximum absolute atomic E-state index is 12.0. The van der Waals surface area contributed by atoms with E-state index in [1.165, 1.54) is 0 Å². The summed E-state index contributed by atoms with van der Waals surface area (Å²) in [7, 11) is 0. The average molecular weight is 274 g/mol. The maximum atomic E-state index is 12.0. The molecule has 0 spiro atoms. The van der Waals surface area contributed by atoms with Crippen LogP contribution in [0.3, 0.4) is 0 Å². The molecule has 5 nitrogen and oxygen atoms in total. The van der Waals surface area contributed by atoms with Gasteiger partial charge in [-0.3, -0.25) is 4.79 Å². The number of carboxylic acids is 1. The number of nitrogens with one attached hydrogen (secondary N) is 2. The zero-order valence-electron chi connectivity index (χ0n) is 11.5. The second-order valence-corrected chi connectivity index (χ2v) is 5.16. The van der Waals surface area contributed by atoms with Crippen molar-refractivity contribution in [3.8, 4) is 0 Å². The van der Waals surface area contributed by atoms with E-state index in [1.807, 2.05) is 24.3 Å². The van der Waals surface area contributed by atoms with Crippen LogP contribution in [0.2, 0.25) is 0 Å². The fourth-order valence-electron chi connectivity index (χ4n) is 2.19. The van der Waals surface area contributed by atoms with Crippen molar-refractivity contribution < 1.29 is 14.7 Å². The molecule has 20 heavy (non-hydrogen) atoms. The summed E-state index contributed by atoms with van der Waals surface area (Å²) in [5.41, 5.74) is 1.83. The molecule has 1 atom stereocenters. The van der Waals surface area contributed by atoms with E-state index in [0.717, 1.165) is 16.5 Å². The van der Waals surface area contributed by atoms with Crippen LogP contribution in [0.4, 0.5) is 0 Å². The SMILES string of the molecule is CC(C)[C@@H](NC(=O)Cc1c[nH]c2ccccc12)C(=O)O. The van der Waals surface area contributed by atoms with Crippen LogP contribution < -0.4 is 5.32 Å². The van der Waals surface area contributed by atoms with E-state index >= 15 is 0 Å². The van der Waals surface area contributed by atoms with Gasteiger partial charge in [0.15, 0.2) is 0 Å². The minimum absolute atomic E-state index is 0.153. The molecule has 0 aliphatic carbocycles. The number of aromatic nitrogens is 1. The van der Waals surface area contributed by atoms with E-state index in [0.29, 0.717) is 0 Å². The first-order valence-electron chi connectivity index (χ1n) is 6.56. The highest BCUT2D eigenvalue weighted by molar-refractivity contribution is 5.90. The molecule has 0 bridgehead atoms. The number of amides is 1. The average Bonchev–Trinajstić information content (AvgIpc) is 2.79. The molecule has 0 unspecified atom stereocenters. The van der Waals surface area contributed by atoms with Crippen LogP contribution in [0.5, 0.6) is 0 Å². The first-order valence-corrected chi connectivity index (χ1v) is 6.56. The van der Waals surface area contributed by atoms with Crippen molar-refractivity contribution in [1.29, 1.82) is 0 Å². The fourth-order valence-corrected chi connectivity index (χ4v) is 2.19. The number of carboxylic acid groups (broad SMARTS) is 1. The molecule has 1 aromatic carbocycles. The zero-order valence-corrected chi connectivity index (χ0v) is 11.5. The summed E-state index contributed by atoms with van der Waals surface area (Å²) in [6.07, 6.45) is 1.95. The summed E-state index contributed by atoms with van der Waals surface area (Å²) in [5.74, 6) is -1.44. The van der Waals surface area contributed by atoms with Crippen LogP contribution in [0.25, 0.3) is 10.9 Å². The quantitative estimate of drug-likeness (QED) is 0.779. The summed E-state index contributed by atoms with van der Waals surface area (Å²) in [5, 5.41) is 12.6. The lowest BCUT2D eigenvalue weighted by Crippen LogP contribution is -2.44. The van der Waals surface area contributed by atoms with Gasteiger partial charge in [0.1, 0.15) is 6.04 Å². The first-order chi connectivity index (χ1) is 9.49. The highest BCUT2D eigenvalue weighted by Crippen LogP contribution is 2.18. The van der Waals surface area contributed by atoms with Crippen LogP contribution in [-0.4, -0.2) is 28.0 Å². The number of fused-ring (bicyclic) bond motifs is 1. The van der Waals surface area contributed by atoms with Crippen molar-refractivity contribution in [2.24, 2.45) is 5.92 Å². The number of rotatable bonds is 5. The van der Waals surface area contributed by atoms with E-state index in [9.17, 15) is 9.59 Å². The third-order valence-corrected chi connectivity index (χ3v) is 3.28. The first kappa shape index (κ1) is 14.1. The number of aliphatic carboxylic acids is 1. The van der Waals surface area contributed by atoms with Crippen molar-refractivity contribution in [3.63, 3.8) is 0 Å². The van der Waals surface area contributed by atoms with E-state index in [1.54, 1.807) is 20.0 Å². The van der Waals surface area contributed by atoms with Gasteiger partial charge in [-0.05, 0) is 17.5 Å². The molecule has 2 rings (SSSR count). The largest absolute Gasteiger partial charge is 0.480 e. The molecule has 0 saturated heterocycles. The minimum atomic E-state index is -1.01. The lowest BCUT2D eigenvalue weighted by molar-refractivity contribution is -0.143. The normalized spacial score (nSPS) is 12.6. The van der Waals surface area contributed by atoms with Gasteiger partial charge in [-0.25, -0.2) is 4.79 Å². The summed E-state index contributed by atoms with van der Waals surface area (Å²) >= 11 is 0. The van der Waals surface area contributed by atoms with Crippen LogP contribution in [0.15, 0.2) is 30.5 Å². The summed E-state index contributed by atoms with van der Waals surface area (Å²) < 4.78 is 0. The van der Waals surface area contributed by atoms with Crippen molar-refractivity contribution in [3.05, 3.63) is 36.0 Å². The molecule has 5 heteroatoms. The van der Waals surface area contributed by atoms with Gasteiger partial charge in [-0.1, -0.05) is 32.0 Å². The van der Waals surface area contributed by atoms with Crippen LogP contribution in [0, 0.1) is 5.92 Å². The van der Waals surface area contributed by atoms with Crippen LogP contribution in [-0.2, 0) is 16.0 Å². The van der Waals surface area contributed by atoms with E-state index in [2.05, 4.69) is 10.3 Å². The van der Waals surface area contributed by atoms with Crippen molar-refractivity contribution in [1.82, 2.24) is 10.3 Å². The molecule has 1 aromatic heterocycles. The number of hydrogen-bond donors (Lipinski definition) is 3. The van der Waals surface area contributed by atoms with E-state index < -0.39 is 12.0 Å². The van der Waals surface area contributed by atoms with Gasteiger partial charge in [0, 0.05) is 17.1 Å². The Bertz CT molecular complexity index is 631. The van der Waals surface area contributed by atoms with Gasteiger partial charge < -0.3 is 15.4 Å². The Kier molecular flexibility index (Phi) is 4.08. The Labute approximate surface area is 117 Å². The molecule has 1 amide bonds. The Morgan fingerprint density at radius 2 is 2.00 bits per heavy atom. The van der Waals surface area contributed by atoms with Crippen molar-refractivity contribution in [2.45, 2.75) is 26.3 Å². The van der Waals surface area contributed by atoms with E-state index in [-0.39, 0.29) is 18.2 Å².